The summed E-state index contributed by atoms with van der Waals surface area (Å²) in [5.74, 6) is -0.356. The molecule has 20 heavy (non-hydrogen) atoms. The Balaban J connectivity index is 2.36. The van der Waals surface area contributed by atoms with Gasteiger partial charge in [-0.3, -0.25) is 0 Å². The standard InChI is InChI=1S/C14H16ClFN2OS/c1-3-17-7-13-12(8-19-2)18-14(20-13)10-5-4-9(15)6-11(10)16/h4-6,17H,3,7-8H2,1-2H3. The molecule has 0 amide bonds. The number of thiazole rings is 1. The van der Waals surface area contributed by atoms with Crippen LogP contribution in [0, 0.1) is 5.82 Å². The minimum absolute atomic E-state index is 0.356. The SMILES string of the molecule is CCNCc1sc(-c2ccc(Cl)cc2F)nc1COC. The Morgan fingerprint density at radius 2 is 2.25 bits per heavy atom. The number of benzene rings is 1. The zero-order chi connectivity index (χ0) is 14.5. The van der Waals surface area contributed by atoms with Gasteiger partial charge in [-0.25, -0.2) is 9.37 Å². The highest BCUT2D eigenvalue weighted by Crippen LogP contribution is 2.31. The van der Waals surface area contributed by atoms with E-state index in [0.717, 1.165) is 17.1 Å². The van der Waals surface area contributed by atoms with Gasteiger partial charge in [0.15, 0.2) is 0 Å². The van der Waals surface area contributed by atoms with Crippen LogP contribution >= 0.6 is 22.9 Å². The lowest BCUT2D eigenvalue weighted by Crippen LogP contribution is -2.12. The third-order valence-corrected chi connectivity index (χ3v) is 4.12. The molecule has 0 saturated carbocycles. The number of rotatable bonds is 6. The lowest BCUT2D eigenvalue weighted by Gasteiger charge is -2.00. The van der Waals surface area contributed by atoms with Crippen LogP contribution in [0.4, 0.5) is 4.39 Å². The molecule has 0 unspecified atom stereocenters. The van der Waals surface area contributed by atoms with Crippen molar-refractivity contribution in [2.45, 2.75) is 20.1 Å². The highest BCUT2D eigenvalue weighted by Gasteiger charge is 2.15. The van der Waals surface area contributed by atoms with Crippen LogP contribution < -0.4 is 5.32 Å². The molecule has 0 aliphatic rings. The van der Waals surface area contributed by atoms with E-state index in [-0.39, 0.29) is 5.82 Å². The van der Waals surface area contributed by atoms with Gasteiger partial charge >= 0.3 is 0 Å². The molecule has 1 heterocycles. The van der Waals surface area contributed by atoms with Gasteiger partial charge < -0.3 is 10.1 Å². The van der Waals surface area contributed by atoms with Crippen molar-refractivity contribution in [3.05, 3.63) is 39.6 Å². The first-order valence-electron chi connectivity index (χ1n) is 6.29. The van der Waals surface area contributed by atoms with Gasteiger partial charge in [0.05, 0.1) is 12.3 Å². The molecule has 1 N–H and O–H groups in total. The predicted molar refractivity (Wildman–Crippen MR) is 80.6 cm³/mol. The second kappa shape index (κ2) is 7.13. The van der Waals surface area contributed by atoms with Crippen LogP contribution in [0.25, 0.3) is 10.6 Å². The fourth-order valence-electron chi connectivity index (χ4n) is 1.79. The van der Waals surface area contributed by atoms with E-state index in [1.165, 1.54) is 17.4 Å². The van der Waals surface area contributed by atoms with Crippen LogP contribution in [0.3, 0.4) is 0 Å². The smallest absolute Gasteiger partial charge is 0.134 e. The van der Waals surface area contributed by atoms with Gasteiger partial charge in [-0.15, -0.1) is 11.3 Å². The van der Waals surface area contributed by atoms with Crippen LogP contribution in [-0.4, -0.2) is 18.6 Å². The summed E-state index contributed by atoms with van der Waals surface area (Å²) < 4.78 is 19.1. The molecule has 1 aromatic heterocycles. The first kappa shape index (κ1) is 15.4. The maximum atomic E-state index is 14.0. The lowest BCUT2D eigenvalue weighted by atomic mass is 10.2. The summed E-state index contributed by atoms with van der Waals surface area (Å²) in [5, 5.41) is 4.29. The van der Waals surface area contributed by atoms with E-state index < -0.39 is 0 Å². The average Bonchev–Trinajstić information content (AvgIpc) is 2.80. The first-order valence-corrected chi connectivity index (χ1v) is 7.48. The molecule has 2 rings (SSSR count). The van der Waals surface area contributed by atoms with Crippen LogP contribution in [-0.2, 0) is 17.9 Å². The monoisotopic (exact) mass is 314 g/mol. The van der Waals surface area contributed by atoms with E-state index in [9.17, 15) is 4.39 Å². The van der Waals surface area contributed by atoms with E-state index in [0.29, 0.717) is 28.7 Å². The zero-order valence-corrected chi connectivity index (χ0v) is 12.9. The molecule has 0 aliphatic heterocycles. The van der Waals surface area contributed by atoms with Crippen LogP contribution in [0.1, 0.15) is 17.5 Å². The molecule has 2 aromatic rings. The molecule has 1 aromatic carbocycles. The summed E-state index contributed by atoms with van der Waals surface area (Å²) in [6.45, 7) is 4.04. The zero-order valence-electron chi connectivity index (χ0n) is 11.4. The van der Waals surface area contributed by atoms with E-state index in [1.807, 2.05) is 6.92 Å². The predicted octanol–water partition coefficient (Wildman–Crippen LogP) is 3.86. The third-order valence-electron chi connectivity index (χ3n) is 2.76. The first-order chi connectivity index (χ1) is 9.65. The molecule has 6 heteroatoms. The van der Waals surface area contributed by atoms with Gasteiger partial charge in [-0.2, -0.15) is 0 Å². The summed E-state index contributed by atoms with van der Waals surface area (Å²) >= 11 is 7.25. The minimum Gasteiger partial charge on any atom is -0.378 e. The van der Waals surface area contributed by atoms with Gasteiger partial charge in [-0.05, 0) is 24.7 Å². The Bertz CT molecular complexity index is 589. The number of methoxy groups -OCH3 is 1. The molecule has 0 bridgehead atoms. The third kappa shape index (κ3) is 3.55. The van der Waals surface area contributed by atoms with Gasteiger partial charge in [0.2, 0.25) is 0 Å². The number of nitrogens with one attached hydrogen (secondary N) is 1. The number of hydrogen-bond donors (Lipinski definition) is 1. The summed E-state index contributed by atoms with van der Waals surface area (Å²) in [6.07, 6.45) is 0. The van der Waals surface area contributed by atoms with Crippen molar-refractivity contribution in [2.75, 3.05) is 13.7 Å². The molecular weight excluding hydrogens is 299 g/mol. The molecule has 0 fully saturated rings. The molecular formula is C14H16ClFN2OS. The van der Waals surface area contributed by atoms with Crippen LogP contribution in [0.2, 0.25) is 5.02 Å². The lowest BCUT2D eigenvalue weighted by molar-refractivity contribution is 0.181. The Morgan fingerprint density at radius 1 is 1.45 bits per heavy atom. The second-order valence-corrected chi connectivity index (χ2v) is 5.75. The van der Waals surface area contributed by atoms with E-state index in [1.54, 1.807) is 19.2 Å². The summed E-state index contributed by atoms with van der Waals surface area (Å²) in [7, 11) is 1.62. The molecule has 3 nitrogen and oxygen atoms in total. The molecule has 0 aliphatic carbocycles. The Kier molecular flexibility index (Phi) is 5.48. The normalized spacial score (nSPS) is 11.0. The van der Waals surface area contributed by atoms with Crippen molar-refractivity contribution in [3.63, 3.8) is 0 Å². The van der Waals surface area contributed by atoms with Crippen molar-refractivity contribution >= 4 is 22.9 Å². The van der Waals surface area contributed by atoms with E-state index in [2.05, 4.69) is 10.3 Å². The number of nitrogens with zero attached hydrogens (tertiary/aromatic N) is 1. The van der Waals surface area contributed by atoms with E-state index in [4.69, 9.17) is 16.3 Å². The van der Waals surface area contributed by atoms with Crippen LogP contribution in [0.5, 0.6) is 0 Å². The van der Waals surface area contributed by atoms with Crippen molar-refractivity contribution in [2.24, 2.45) is 0 Å². The maximum absolute atomic E-state index is 14.0. The highest BCUT2D eigenvalue weighted by atomic mass is 35.5. The molecule has 0 saturated heterocycles. The summed E-state index contributed by atoms with van der Waals surface area (Å²) in [5.41, 5.74) is 1.32. The van der Waals surface area contributed by atoms with Gasteiger partial charge in [0, 0.05) is 29.1 Å². The number of aromatic nitrogens is 1. The molecule has 0 spiro atoms. The van der Waals surface area contributed by atoms with Crippen molar-refractivity contribution in [1.29, 1.82) is 0 Å². The fraction of sp³-hybridized carbons (Fsp3) is 0.357. The number of halogens is 2. The minimum atomic E-state index is -0.356. The molecule has 0 radical (unpaired) electrons. The average molecular weight is 315 g/mol. The largest absolute Gasteiger partial charge is 0.378 e. The number of ether oxygens (including phenoxy) is 1. The van der Waals surface area contributed by atoms with Gasteiger partial charge in [0.1, 0.15) is 10.8 Å². The maximum Gasteiger partial charge on any atom is 0.134 e. The highest BCUT2D eigenvalue weighted by molar-refractivity contribution is 7.15. The van der Waals surface area contributed by atoms with E-state index >= 15 is 0 Å². The van der Waals surface area contributed by atoms with Crippen molar-refractivity contribution < 1.29 is 9.13 Å². The Morgan fingerprint density at radius 3 is 2.90 bits per heavy atom. The van der Waals surface area contributed by atoms with Crippen LogP contribution in [0.15, 0.2) is 18.2 Å². The van der Waals surface area contributed by atoms with Gasteiger partial charge in [0.25, 0.3) is 0 Å². The Labute approximate surface area is 126 Å². The van der Waals surface area contributed by atoms with Crippen molar-refractivity contribution in [1.82, 2.24) is 10.3 Å². The quantitative estimate of drug-likeness (QED) is 0.879. The fourth-order valence-corrected chi connectivity index (χ4v) is 3.01. The second-order valence-electron chi connectivity index (χ2n) is 4.23. The summed E-state index contributed by atoms with van der Waals surface area (Å²) in [4.78, 5) is 5.55. The summed E-state index contributed by atoms with van der Waals surface area (Å²) in [6, 6.07) is 4.63. The van der Waals surface area contributed by atoms with Gasteiger partial charge in [-0.1, -0.05) is 18.5 Å². The van der Waals surface area contributed by atoms with Crippen molar-refractivity contribution in [3.8, 4) is 10.6 Å². The number of hydrogen-bond acceptors (Lipinski definition) is 4. The molecule has 108 valence electrons. The molecule has 0 atom stereocenters. The topological polar surface area (TPSA) is 34.2 Å². The Hall–Kier alpha value is -1.01.